The van der Waals surface area contributed by atoms with E-state index in [1.807, 2.05) is 19.2 Å². The highest BCUT2D eigenvalue weighted by Gasteiger charge is 2.07. The lowest BCUT2D eigenvalue weighted by Gasteiger charge is -2.13. The minimum atomic E-state index is 0.664. The Morgan fingerprint density at radius 3 is 1.79 bits per heavy atom. The van der Waals surface area contributed by atoms with Crippen LogP contribution >= 0.6 is 23.2 Å². The molecule has 0 fully saturated rings. The maximum absolute atomic E-state index is 6.07. The van der Waals surface area contributed by atoms with Crippen LogP contribution in [0.15, 0.2) is 30.3 Å². The Balaban J connectivity index is 2.51. The number of halogens is 2. The summed E-state index contributed by atoms with van der Waals surface area (Å²) in [6.07, 6.45) is 0. The maximum Gasteiger partial charge on any atom is 0.0426 e. The SMILES string of the molecule is CNCc1c(C)cc(-c2cc(Cl)cc(Cl)c2)cc1C. The molecule has 1 N–H and O–H groups in total. The fourth-order valence-electron chi connectivity index (χ4n) is 2.34. The molecular formula is C16H17Cl2N. The Morgan fingerprint density at radius 1 is 0.842 bits per heavy atom. The van der Waals surface area contributed by atoms with E-state index < -0.39 is 0 Å². The molecule has 1 nitrogen and oxygen atoms in total. The largest absolute Gasteiger partial charge is 0.316 e. The van der Waals surface area contributed by atoms with Crippen molar-refractivity contribution >= 4 is 23.2 Å². The van der Waals surface area contributed by atoms with Gasteiger partial charge in [0, 0.05) is 16.6 Å². The summed E-state index contributed by atoms with van der Waals surface area (Å²) in [6, 6.07) is 10.0. The molecule has 0 radical (unpaired) electrons. The molecule has 0 amide bonds. The van der Waals surface area contributed by atoms with E-state index in [-0.39, 0.29) is 0 Å². The molecule has 0 aliphatic rings. The van der Waals surface area contributed by atoms with Crippen molar-refractivity contribution in [3.8, 4) is 11.1 Å². The summed E-state index contributed by atoms with van der Waals surface area (Å²) in [4.78, 5) is 0. The molecule has 0 spiro atoms. The molecule has 2 aromatic rings. The van der Waals surface area contributed by atoms with Crippen LogP contribution in [0.1, 0.15) is 16.7 Å². The van der Waals surface area contributed by atoms with Crippen LogP contribution in [0.3, 0.4) is 0 Å². The Bertz CT molecular complexity index is 562. The van der Waals surface area contributed by atoms with Gasteiger partial charge >= 0.3 is 0 Å². The summed E-state index contributed by atoms with van der Waals surface area (Å²) < 4.78 is 0. The zero-order valence-corrected chi connectivity index (χ0v) is 12.9. The van der Waals surface area contributed by atoms with Crippen LogP contribution in [0.5, 0.6) is 0 Å². The van der Waals surface area contributed by atoms with Gasteiger partial charge in [-0.3, -0.25) is 0 Å². The number of hydrogen-bond acceptors (Lipinski definition) is 1. The Morgan fingerprint density at radius 2 is 1.32 bits per heavy atom. The molecule has 0 aliphatic heterocycles. The molecule has 0 bridgehead atoms. The molecule has 0 atom stereocenters. The third kappa shape index (κ3) is 3.30. The highest BCUT2D eigenvalue weighted by atomic mass is 35.5. The Labute approximate surface area is 124 Å². The molecule has 0 heterocycles. The smallest absolute Gasteiger partial charge is 0.0426 e. The first-order valence-electron chi connectivity index (χ1n) is 6.22. The average Bonchev–Trinajstić information content (AvgIpc) is 2.32. The minimum absolute atomic E-state index is 0.664. The molecule has 100 valence electrons. The molecule has 0 aliphatic carbocycles. The molecule has 2 aromatic carbocycles. The predicted octanol–water partition coefficient (Wildman–Crippen LogP) is 5.00. The van der Waals surface area contributed by atoms with Gasteiger partial charge in [0.25, 0.3) is 0 Å². The second-order valence-electron chi connectivity index (χ2n) is 4.78. The highest BCUT2D eigenvalue weighted by Crippen LogP contribution is 2.30. The molecule has 3 heteroatoms. The van der Waals surface area contributed by atoms with Crippen molar-refractivity contribution < 1.29 is 0 Å². The van der Waals surface area contributed by atoms with E-state index in [0.717, 1.165) is 17.7 Å². The first-order valence-corrected chi connectivity index (χ1v) is 6.98. The molecule has 2 rings (SSSR count). The van der Waals surface area contributed by atoms with E-state index >= 15 is 0 Å². The van der Waals surface area contributed by atoms with E-state index in [1.165, 1.54) is 16.7 Å². The third-order valence-electron chi connectivity index (χ3n) is 3.25. The summed E-state index contributed by atoms with van der Waals surface area (Å²) in [6.45, 7) is 5.15. The number of nitrogens with one attached hydrogen (secondary N) is 1. The second-order valence-corrected chi connectivity index (χ2v) is 5.65. The second kappa shape index (κ2) is 5.96. The molecule has 0 unspecified atom stereocenters. The maximum atomic E-state index is 6.07. The lowest BCUT2D eigenvalue weighted by atomic mass is 9.95. The van der Waals surface area contributed by atoms with E-state index in [1.54, 1.807) is 6.07 Å². The van der Waals surface area contributed by atoms with Gasteiger partial charge < -0.3 is 5.32 Å². The van der Waals surface area contributed by atoms with Crippen molar-refractivity contribution in [3.05, 3.63) is 57.1 Å². The van der Waals surface area contributed by atoms with Crippen molar-refractivity contribution in [3.63, 3.8) is 0 Å². The first kappa shape index (κ1) is 14.4. The Kier molecular flexibility index (Phi) is 4.51. The number of hydrogen-bond donors (Lipinski definition) is 1. The standard InChI is InChI=1S/C16H17Cl2N/c1-10-4-12(5-11(2)16(10)9-19-3)13-6-14(17)8-15(18)7-13/h4-8,19H,9H2,1-3H3. The Hall–Kier alpha value is -1.02. The highest BCUT2D eigenvalue weighted by molar-refractivity contribution is 6.35. The van der Waals surface area contributed by atoms with Crippen LogP contribution in [0, 0.1) is 13.8 Å². The summed E-state index contributed by atoms with van der Waals surface area (Å²) in [7, 11) is 1.96. The van der Waals surface area contributed by atoms with Gasteiger partial charge in [0.1, 0.15) is 0 Å². The summed E-state index contributed by atoms with van der Waals surface area (Å²) >= 11 is 12.1. The van der Waals surface area contributed by atoms with E-state index in [4.69, 9.17) is 23.2 Å². The van der Waals surface area contributed by atoms with Crippen molar-refractivity contribution in [1.82, 2.24) is 5.32 Å². The van der Waals surface area contributed by atoms with Crippen LogP contribution in [0.25, 0.3) is 11.1 Å². The van der Waals surface area contributed by atoms with Gasteiger partial charge in [-0.1, -0.05) is 35.3 Å². The lowest BCUT2D eigenvalue weighted by Crippen LogP contribution is -2.08. The van der Waals surface area contributed by atoms with E-state index in [2.05, 4.69) is 31.3 Å². The van der Waals surface area contributed by atoms with Gasteiger partial charge in [-0.05, 0) is 66.9 Å². The quantitative estimate of drug-likeness (QED) is 0.840. The van der Waals surface area contributed by atoms with Crippen LogP contribution in [-0.2, 0) is 6.54 Å². The molecule has 0 saturated heterocycles. The first-order chi connectivity index (χ1) is 9.01. The molecule has 19 heavy (non-hydrogen) atoms. The van der Waals surface area contributed by atoms with Crippen molar-refractivity contribution in [2.24, 2.45) is 0 Å². The third-order valence-corrected chi connectivity index (χ3v) is 3.68. The molecule has 0 aromatic heterocycles. The van der Waals surface area contributed by atoms with E-state index in [9.17, 15) is 0 Å². The van der Waals surface area contributed by atoms with Crippen molar-refractivity contribution in [1.29, 1.82) is 0 Å². The average molecular weight is 294 g/mol. The summed E-state index contributed by atoms with van der Waals surface area (Å²) in [5, 5.41) is 4.53. The monoisotopic (exact) mass is 293 g/mol. The van der Waals surface area contributed by atoms with Crippen LogP contribution in [-0.4, -0.2) is 7.05 Å². The normalized spacial score (nSPS) is 10.8. The molecule has 0 saturated carbocycles. The van der Waals surface area contributed by atoms with Crippen LogP contribution in [0.4, 0.5) is 0 Å². The summed E-state index contributed by atoms with van der Waals surface area (Å²) in [5.74, 6) is 0. The molecular weight excluding hydrogens is 277 g/mol. The lowest BCUT2D eigenvalue weighted by molar-refractivity contribution is 0.806. The van der Waals surface area contributed by atoms with Crippen molar-refractivity contribution in [2.75, 3.05) is 7.05 Å². The van der Waals surface area contributed by atoms with Gasteiger partial charge in [0.15, 0.2) is 0 Å². The predicted molar refractivity (Wildman–Crippen MR) is 84.1 cm³/mol. The van der Waals surface area contributed by atoms with Gasteiger partial charge in [-0.2, -0.15) is 0 Å². The van der Waals surface area contributed by atoms with Gasteiger partial charge in [0.2, 0.25) is 0 Å². The zero-order valence-electron chi connectivity index (χ0n) is 11.3. The number of aryl methyl sites for hydroxylation is 2. The van der Waals surface area contributed by atoms with Gasteiger partial charge in [0.05, 0.1) is 0 Å². The fourth-order valence-corrected chi connectivity index (χ4v) is 2.86. The summed E-state index contributed by atoms with van der Waals surface area (Å²) in [5.41, 5.74) is 6.11. The fraction of sp³-hybridized carbons (Fsp3) is 0.250. The van der Waals surface area contributed by atoms with Gasteiger partial charge in [-0.15, -0.1) is 0 Å². The van der Waals surface area contributed by atoms with Crippen LogP contribution < -0.4 is 5.32 Å². The van der Waals surface area contributed by atoms with Crippen molar-refractivity contribution in [2.45, 2.75) is 20.4 Å². The number of rotatable bonds is 3. The zero-order chi connectivity index (χ0) is 14.0. The number of benzene rings is 2. The van der Waals surface area contributed by atoms with Gasteiger partial charge in [-0.25, -0.2) is 0 Å². The van der Waals surface area contributed by atoms with Crippen LogP contribution in [0.2, 0.25) is 10.0 Å². The van der Waals surface area contributed by atoms with E-state index in [0.29, 0.717) is 10.0 Å². The topological polar surface area (TPSA) is 12.0 Å². The minimum Gasteiger partial charge on any atom is -0.316 e.